The average molecular weight is 346 g/mol. The van der Waals surface area contributed by atoms with Crippen molar-refractivity contribution in [3.8, 4) is 0 Å². The van der Waals surface area contributed by atoms with Crippen LogP contribution in [0.3, 0.4) is 0 Å². The minimum atomic E-state index is 0.0973. The molecule has 2 aromatic carbocycles. The molecule has 26 heavy (non-hydrogen) atoms. The second-order valence-corrected chi connectivity index (χ2v) is 9.48. The first kappa shape index (κ1) is 16.1. The van der Waals surface area contributed by atoms with Gasteiger partial charge in [0.05, 0.1) is 23.9 Å². The maximum absolute atomic E-state index is 2.70. The molecule has 2 nitrogen and oxygen atoms in total. The highest BCUT2D eigenvalue weighted by Crippen LogP contribution is 2.55. The third-order valence-corrected chi connectivity index (χ3v) is 7.78. The van der Waals surface area contributed by atoms with E-state index >= 15 is 0 Å². The van der Waals surface area contributed by atoms with Crippen LogP contribution < -0.4 is 4.90 Å². The van der Waals surface area contributed by atoms with E-state index in [9.17, 15) is 0 Å². The highest BCUT2D eigenvalue weighted by Gasteiger charge is 2.59. The molecule has 0 radical (unpaired) electrons. The van der Waals surface area contributed by atoms with Crippen LogP contribution in [0, 0.1) is 0 Å². The van der Waals surface area contributed by atoms with Gasteiger partial charge in [-0.05, 0) is 32.4 Å². The zero-order valence-electron chi connectivity index (χ0n) is 16.6. The van der Waals surface area contributed by atoms with Gasteiger partial charge in [0, 0.05) is 22.7 Å². The van der Waals surface area contributed by atoms with E-state index in [1.807, 2.05) is 0 Å². The third kappa shape index (κ3) is 1.71. The Kier molecular flexibility index (Phi) is 2.97. The molecule has 1 unspecified atom stereocenters. The minimum Gasteiger partial charge on any atom is -0.358 e. The lowest BCUT2D eigenvalue weighted by atomic mass is 9.66. The van der Waals surface area contributed by atoms with Gasteiger partial charge < -0.3 is 4.90 Å². The molecule has 2 aromatic rings. The van der Waals surface area contributed by atoms with Crippen LogP contribution in [0.4, 0.5) is 11.4 Å². The summed E-state index contributed by atoms with van der Waals surface area (Å²) in [5.41, 5.74) is 7.75. The number of hydrogen-bond donors (Lipinski definition) is 0. The van der Waals surface area contributed by atoms with E-state index in [1.54, 1.807) is 5.71 Å². The Balaban J connectivity index is 1.70. The van der Waals surface area contributed by atoms with Gasteiger partial charge in [-0.1, -0.05) is 50.2 Å². The monoisotopic (exact) mass is 345 g/mol. The van der Waals surface area contributed by atoms with Crippen LogP contribution >= 0.6 is 0 Å². The maximum atomic E-state index is 2.70. The van der Waals surface area contributed by atoms with Crippen molar-refractivity contribution < 1.29 is 4.58 Å². The molecule has 0 aliphatic carbocycles. The SMILES string of the molecule is CC1(C)C2=[N+](CCN3c4ccccc4C(C)(C)C3(C)C2)c2ccccc21. The molecule has 3 aliphatic heterocycles. The van der Waals surface area contributed by atoms with Gasteiger partial charge in [-0.25, -0.2) is 0 Å². The van der Waals surface area contributed by atoms with E-state index in [2.05, 4.69) is 92.6 Å². The molecular formula is C24H29N2+. The quantitative estimate of drug-likeness (QED) is 0.608. The van der Waals surface area contributed by atoms with Gasteiger partial charge in [0.15, 0.2) is 12.3 Å². The van der Waals surface area contributed by atoms with Crippen molar-refractivity contribution in [1.82, 2.24) is 0 Å². The fourth-order valence-corrected chi connectivity index (χ4v) is 5.79. The lowest BCUT2D eigenvalue weighted by Crippen LogP contribution is -2.55. The second-order valence-electron chi connectivity index (χ2n) is 9.48. The van der Waals surface area contributed by atoms with Gasteiger partial charge >= 0.3 is 0 Å². The first-order valence-corrected chi connectivity index (χ1v) is 9.89. The number of nitrogens with zero attached hydrogens (tertiary/aromatic N) is 2. The fraction of sp³-hybridized carbons (Fsp3) is 0.458. The lowest BCUT2D eigenvalue weighted by molar-refractivity contribution is -0.435. The Hall–Kier alpha value is -2.09. The normalized spacial score (nSPS) is 27.5. The van der Waals surface area contributed by atoms with Crippen molar-refractivity contribution in [2.75, 3.05) is 18.0 Å². The molecule has 0 spiro atoms. The van der Waals surface area contributed by atoms with E-state index in [0.29, 0.717) is 0 Å². The van der Waals surface area contributed by atoms with Crippen molar-refractivity contribution in [1.29, 1.82) is 0 Å². The van der Waals surface area contributed by atoms with Gasteiger partial charge in [0.1, 0.15) is 0 Å². The number of anilines is 1. The van der Waals surface area contributed by atoms with Crippen molar-refractivity contribution in [3.63, 3.8) is 0 Å². The zero-order valence-corrected chi connectivity index (χ0v) is 16.6. The summed E-state index contributed by atoms with van der Waals surface area (Å²) in [6, 6.07) is 18.1. The van der Waals surface area contributed by atoms with Crippen LogP contribution in [0.1, 0.15) is 52.2 Å². The van der Waals surface area contributed by atoms with Crippen LogP contribution in [-0.4, -0.2) is 28.9 Å². The van der Waals surface area contributed by atoms with Crippen LogP contribution in [0.15, 0.2) is 48.5 Å². The zero-order chi connectivity index (χ0) is 18.3. The van der Waals surface area contributed by atoms with E-state index in [0.717, 1.165) is 19.5 Å². The predicted octanol–water partition coefficient (Wildman–Crippen LogP) is 5.02. The van der Waals surface area contributed by atoms with Crippen molar-refractivity contribution >= 4 is 17.1 Å². The second kappa shape index (κ2) is 4.79. The molecule has 0 aromatic heterocycles. The Morgan fingerprint density at radius 2 is 1.50 bits per heavy atom. The molecular weight excluding hydrogens is 316 g/mol. The molecule has 0 N–H and O–H groups in total. The summed E-state index contributed by atoms with van der Waals surface area (Å²) in [4.78, 5) is 2.70. The Labute approximate surface area is 157 Å². The number of hydrogen-bond acceptors (Lipinski definition) is 1. The lowest BCUT2D eigenvalue weighted by Gasteiger charge is -2.44. The molecule has 2 heteroatoms. The number of rotatable bonds is 0. The minimum absolute atomic E-state index is 0.0973. The molecule has 0 fully saturated rings. The smallest absolute Gasteiger partial charge is 0.209 e. The van der Waals surface area contributed by atoms with Gasteiger partial charge in [0.25, 0.3) is 0 Å². The van der Waals surface area contributed by atoms with Crippen molar-refractivity contribution in [2.24, 2.45) is 0 Å². The van der Waals surface area contributed by atoms with Crippen molar-refractivity contribution in [2.45, 2.75) is 57.4 Å². The van der Waals surface area contributed by atoms with Crippen LogP contribution in [0.25, 0.3) is 0 Å². The molecule has 3 aliphatic rings. The van der Waals surface area contributed by atoms with Crippen LogP contribution in [0.5, 0.6) is 0 Å². The molecule has 5 rings (SSSR count). The van der Waals surface area contributed by atoms with E-state index in [-0.39, 0.29) is 16.4 Å². The van der Waals surface area contributed by atoms with E-state index in [1.165, 1.54) is 22.5 Å². The van der Waals surface area contributed by atoms with E-state index in [4.69, 9.17) is 0 Å². The highest BCUT2D eigenvalue weighted by molar-refractivity contribution is 5.97. The number of fused-ring (bicyclic) bond motifs is 5. The van der Waals surface area contributed by atoms with Gasteiger partial charge in [-0.2, -0.15) is 4.58 Å². The first-order chi connectivity index (χ1) is 12.3. The van der Waals surface area contributed by atoms with Crippen LogP contribution in [0.2, 0.25) is 0 Å². The largest absolute Gasteiger partial charge is 0.358 e. The Morgan fingerprint density at radius 1 is 0.846 bits per heavy atom. The molecule has 0 amide bonds. The predicted molar refractivity (Wildman–Crippen MR) is 109 cm³/mol. The molecule has 134 valence electrons. The molecule has 1 atom stereocenters. The molecule has 0 saturated carbocycles. The van der Waals surface area contributed by atoms with Crippen LogP contribution in [-0.2, 0) is 10.8 Å². The molecule has 3 heterocycles. The average Bonchev–Trinajstić information content (AvgIpc) is 2.83. The Morgan fingerprint density at radius 3 is 2.27 bits per heavy atom. The molecule has 0 saturated heterocycles. The van der Waals surface area contributed by atoms with Gasteiger partial charge in [-0.15, -0.1) is 0 Å². The maximum Gasteiger partial charge on any atom is 0.209 e. The summed E-state index contributed by atoms with van der Waals surface area (Å²) < 4.78 is 2.62. The third-order valence-electron chi connectivity index (χ3n) is 7.78. The van der Waals surface area contributed by atoms with Gasteiger partial charge in [0.2, 0.25) is 5.69 Å². The summed E-state index contributed by atoms with van der Waals surface area (Å²) in [7, 11) is 0. The highest BCUT2D eigenvalue weighted by atomic mass is 15.3. The van der Waals surface area contributed by atoms with Crippen molar-refractivity contribution in [3.05, 3.63) is 59.7 Å². The number of para-hydroxylation sites is 2. The Bertz CT molecular complexity index is 950. The molecule has 0 bridgehead atoms. The standard InChI is InChI=1S/C24H29N2/c1-22(2)17-10-6-8-12-19(17)25-14-15-26-20-13-9-7-11-18(20)23(3,4)24(26,5)16-21(22)25/h6-13H,14-16H2,1-5H3/q+1. The summed E-state index contributed by atoms with van der Waals surface area (Å²) >= 11 is 0. The summed E-state index contributed by atoms with van der Waals surface area (Å²) in [6.45, 7) is 14.3. The van der Waals surface area contributed by atoms with E-state index < -0.39 is 0 Å². The summed E-state index contributed by atoms with van der Waals surface area (Å²) in [6.07, 6.45) is 1.11. The topological polar surface area (TPSA) is 6.25 Å². The summed E-state index contributed by atoms with van der Waals surface area (Å²) in [5.74, 6) is 0. The fourth-order valence-electron chi connectivity index (χ4n) is 5.79. The van der Waals surface area contributed by atoms with Gasteiger partial charge in [-0.3, -0.25) is 0 Å². The summed E-state index contributed by atoms with van der Waals surface area (Å²) in [5, 5.41) is 0. The number of benzene rings is 2. The first-order valence-electron chi connectivity index (χ1n) is 9.89.